The second-order valence-corrected chi connectivity index (χ2v) is 18.8. The predicted molar refractivity (Wildman–Crippen MR) is 240 cm³/mol. The minimum absolute atomic E-state index is 0.0154. The van der Waals surface area contributed by atoms with Crippen molar-refractivity contribution >= 4 is 5.97 Å². The maximum atomic E-state index is 13.6. The Balaban J connectivity index is 1.57. The van der Waals surface area contributed by atoms with E-state index in [1.165, 1.54) is 6.08 Å². The number of carbonyl (C=O) groups excluding carboxylic acids is 1. The summed E-state index contributed by atoms with van der Waals surface area (Å²) in [4.78, 5) is 13.6. The highest BCUT2D eigenvalue weighted by Crippen LogP contribution is 2.47. The van der Waals surface area contributed by atoms with Crippen LogP contribution in [0.2, 0.25) is 0 Å². The van der Waals surface area contributed by atoms with Crippen molar-refractivity contribution in [2.75, 3.05) is 21.3 Å². The fraction of sp³-hybridized carbons (Fsp3) is 0.780. The van der Waals surface area contributed by atoms with Crippen molar-refractivity contribution in [3.63, 3.8) is 0 Å². The molecule has 3 saturated heterocycles. The Morgan fingerprint density at radius 1 is 0.774 bits per heavy atom. The van der Waals surface area contributed by atoms with Crippen LogP contribution in [-0.2, 0) is 38.0 Å². The fourth-order valence-electron chi connectivity index (χ4n) is 9.43. The van der Waals surface area contributed by atoms with Gasteiger partial charge in [0.05, 0.1) is 61.0 Å². The largest absolute Gasteiger partial charge is 0.459 e. The molecule has 12 nitrogen and oxygen atoms in total. The van der Waals surface area contributed by atoms with Crippen LogP contribution in [0.5, 0.6) is 0 Å². The average molecular weight is 875 g/mol. The highest BCUT2D eigenvalue weighted by molar-refractivity contribution is 5.82. The number of esters is 1. The smallest absolute Gasteiger partial charge is 0.330 e. The molecule has 0 saturated carbocycles. The van der Waals surface area contributed by atoms with E-state index in [9.17, 15) is 25.2 Å². The van der Waals surface area contributed by atoms with Crippen LogP contribution in [0.25, 0.3) is 0 Å². The third-order valence-electron chi connectivity index (χ3n) is 14.0. The maximum Gasteiger partial charge on any atom is 0.330 e. The van der Waals surface area contributed by atoms with Gasteiger partial charge in [-0.2, -0.15) is 0 Å². The first-order valence-corrected chi connectivity index (χ1v) is 23.5. The first kappa shape index (κ1) is 52.4. The number of fused-ring (bicyclic) bond motifs is 2. The van der Waals surface area contributed by atoms with Gasteiger partial charge in [-0.3, -0.25) is 0 Å². The molecular formula is C50H82O12. The van der Waals surface area contributed by atoms with Crippen molar-refractivity contribution in [2.24, 2.45) is 35.5 Å². The molecule has 0 aromatic rings. The number of aliphatic hydroxyl groups excluding tert-OH is 4. The lowest BCUT2D eigenvalue weighted by molar-refractivity contribution is -0.347. The van der Waals surface area contributed by atoms with Crippen LogP contribution < -0.4 is 0 Å². The van der Waals surface area contributed by atoms with Gasteiger partial charge in [0.2, 0.25) is 0 Å². The standard InChI is InChI=1S/C50H82O12/c1-11-18-34(5)47-49(60-47)48(58-10)36(7)42-21-17-26-50(61-42)30-45-35(6)44(62-50)29-40(53)31(2)19-15-13-12-14-16-20-43(57-9)41(54)28-39(52)32(3)22-24-37(56-8)27-38(51)33(4)23-25-46(55)59-45/h12-16,19,22-25,31-45,47-49,51-54H,11,17-18,20-21,26-30H2,1-10H3/t31-,32-,33-,34-,35-,36+,37+,38-,39+,40+,41-,42-,43-,44-,45-,47+,48-,49-,50+/m1/s1. The van der Waals surface area contributed by atoms with E-state index in [0.717, 1.165) is 25.7 Å². The summed E-state index contributed by atoms with van der Waals surface area (Å²) in [6.45, 7) is 14.3. The maximum absolute atomic E-state index is 13.6. The van der Waals surface area contributed by atoms with Crippen molar-refractivity contribution in [1.82, 2.24) is 0 Å². The molecule has 4 N–H and O–H groups in total. The lowest BCUT2D eigenvalue weighted by Crippen LogP contribution is -2.58. The van der Waals surface area contributed by atoms with Crippen LogP contribution >= 0.6 is 0 Å². The lowest BCUT2D eigenvalue weighted by Gasteiger charge is -2.51. The molecule has 2 bridgehead atoms. The number of carbonyl (C=O) groups is 1. The Morgan fingerprint density at radius 2 is 1.45 bits per heavy atom. The topological polar surface area (TPSA) is 166 Å². The van der Waals surface area contributed by atoms with E-state index in [2.05, 4.69) is 20.8 Å². The first-order valence-electron chi connectivity index (χ1n) is 23.5. The van der Waals surface area contributed by atoms with E-state index in [0.29, 0.717) is 31.6 Å². The number of allylic oxidation sites excluding steroid dienone is 4. The first-order chi connectivity index (χ1) is 29.6. The number of methoxy groups -OCH3 is 3. The molecule has 4 heterocycles. The summed E-state index contributed by atoms with van der Waals surface area (Å²) in [5.74, 6) is -2.23. The number of rotatable bonds is 9. The predicted octanol–water partition coefficient (Wildman–Crippen LogP) is 7.18. The monoisotopic (exact) mass is 875 g/mol. The Labute approximate surface area is 372 Å². The molecule has 354 valence electrons. The number of hydrogen-bond donors (Lipinski definition) is 4. The van der Waals surface area contributed by atoms with Crippen molar-refractivity contribution < 1.29 is 58.4 Å². The zero-order chi connectivity index (χ0) is 45.6. The van der Waals surface area contributed by atoms with E-state index in [1.807, 2.05) is 76.3 Å². The van der Waals surface area contributed by atoms with Crippen LogP contribution in [-0.4, -0.2) is 127 Å². The van der Waals surface area contributed by atoms with Crippen molar-refractivity contribution in [2.45, 2.75) is 192 Å². The Hall–Kier alpha value is -2.23. The van der Waals surface area contributed by atoms with Gasteiger partial charge in [0.1, 0.15) is 12.2 Å². The van der Waals surface area contributed by atoms with Gasteiger partial charge in [-0.25, -0.2) is 4.79 Å². The van der Waals surface area contributed by atoms with E-state index in [-0.39, 0.29) is 60.9 Å². The van der Waals surface area contributed by atoms with Gasteiger partial charge in [-0.15, -0.1) is 0 Å². The normalized spacial score (nSPS) is 41.2. The quantitative estimate of drug-likeness (QED) is 0.105. The Bertz CT molecular complexity index is 1480. The van der Waals surface area contributed by atoms with E-state index in [1.54, 1.807) is 27.4 Å². The molecule has 0 aliphatic carbocycles. The minimum atomic E-state index is -1.02. The molecule has 12 heteroatoms. The Kier molecular flexibility index (Phi) is 21.5. The van der Waals surface area contributed by atoms with Gasteiger partial charge < -0.3 is 53.6 Å². The molecule has 4 rings (SSSR count). The molecular weight excluding hydrogens is 793 g/mol. The molecule has 0 unspecified atom stereocenters. The van der Waals surface area contributed by atoms with E-state index < -0.39 is 66.5 Å². The third-order valence-corrected chi connectivity index (χ3v) is 14.0. The van der Waals surface area contributed by atoms with Crippen molar-refractivity contribution in [1.29, 1.82) is 0 Å². The zero-order valence-corrected chi connectivity index (χ0v) is 39.3. The van der Waals surface area contributed by atoms with Gasteiger partial charge in [-0.1, -0.05) is 110 Å². The van der Waals surface area contributed by atoms with Gasteiger partial charge in [0, 0.05) is 89.1 Å². The van der Waals surface area contributed by atoms with Crippen molar-refractivity contribution in [3.8, 4) is 0 Å². The van der Waals surface area contributed by atoms with Gasteiger partial charge >= 0.3 is 5.97 Å². The molecule has 1 spiro atoms. The molecule has 0 amide bonds. The Morgan fingerprint density at radius 3 is 2.15 bits per heavy atom. The molecule has 4 aliphatic rings. The highest BCUT2D eigenvalue weighted by atomic mass is 16.7. The summed E-state index contributed by atoms with van der Waals surface area (Å²) >= 11 is 0. The zero-order valence-electron chi connectivity index (χ0n) is 39.3. The SMILES string of the molecule is CCC[C@@H](C)[C@@H]1O[C@H]1[C@H](OC)[C@@H](C)[C@H]1CCC[C@]2(C[C@H]3OC(=O)C=C[C@@H](C)[C@H](O)C[C@@H](OC)C=C[C@@H](C)[C@@H](O)C[C@@H](O)[C@H](OC)CC=CC=CC=C[C@@H](C)[C@@H](O)C[C@@H](O2)[C@H]3C)O1. The molecule has 0 radical (unpaired) electrons. The summed E-state index contributed by atoms with van der Waals surface area (Å²) in [6, 6.07) is 0. The number of aliphatic hydroxyl groups is 4. The molecule has 4 aliphatic heterocycles. The van der Waals surface area contributed by atoms with Crippen LogP contribution in [0.1, 0.15) is 113 Å². The van der Waals surface area contributed by atoms with Crippen LogP contribution in [0.3, 0.4) is 0 Å². The van der Waals surface area contributed by atoms with Crippen molar-refractivity contribution in [3.05, 3.63) is 60.8 Å². The summed E-state index contributed by atoms with van der Waals surface area (Å²) < 4.78 is 43.7. The summed E-state index contributed by atoms with van der Waals surface area (Å²) in [5, 5.41) is 44.5. The van der Waals surface area contributed by atoms with Gasteiger partial charge in [0.25, 0.3) is 0 Å². The average Bonchev–Trinajstić information content (AvgIpc) is 4.04. The highest BCUT2D eigenvalue weighted by Gasteiger charge is 2.55. The van der Waals surface area contributed by atoms with Gasteiger partial charge in [0.15, 0.2) is 5.79 Å². The lowest BCUT2D eigenvalue weighted by atomic mass is 9.80. The number of epoxide rings is 1. The second-order valence-electron chi connectivity index (χ2n) is 18.8. The third kappa shape index (κ3) is 15.2. The minimum Gasteiger partial charge on any atom is -0.459 e. The number of ether oxygens (including phenoxy) is 7. The molecule has 19 atom stereocenters. The molecule has 3 fully saturated rings. The second kappa shape index (κ2) is 25.5. The number of hydrogen-bond acceptors (Lipinski definition) is 12. The molecule has 62 heavy (non-hydrogen) atoms. The van der Waals surface area contributed by atoms with Crippen LogP contribution in [0.15, 0.2) is 60.8 Å². The van der Waals surface area contributed by atoms with Crippen LogP contribution in [0.4, 0.5) is 0 Å². The van der Waals surface area contributed by atoms with Crippen LogP contribution in [0, 0.1) is 35.5 Å². The van der Waals surface area contributed by atoms with E-state index in [4.69, 9.17) is 33.2 Å². The summed E-state index contributed by atoms with van der Waals surface area (Å²) in [7, 11) is 4.85. The van der Waals surface area contributed by atoms with Gasteiger partial charge in [-0.05, 0) is 31.6 Å². The summed E-state index contributed by atoms with van der Waals surface area (Å²) in [6.07, 6.45) is 18.7. The van der Waals surface area contributed by atoms with E-state index >= 15 is 0 Å². The molecule has 0 aromatic carbocycles. The summed E-state index contributed by atoms with van der Waals surface area (Å²) in [5.41, 5.74) is 0. The fourth-order valence-corrected chi connectivity index (χ4v) is 9.43. The molecule has 0 aromatic heterocycles.